The predicted molar refractivity (Wildman–Crippen MR) is 92.8 cm³/mol. The predicted octanol–water partition coefficient (Wildman–Crippen LogP) is -0.480. The van der Waals surface area contributed by atoms with Crippen LogP contribution in [0.3, 0.4) is 0 Å². The third kappa shape index (κ3) is 3.32. The molecule has 2 aromatic heterocycles. The van der Waals surface area contributed by atoms with Crippen LogP contribution in [0, 0.1) is 0 Å². The summed E-state index contributed by atoms with van der Waals surface area (Å²) in [6.45, 7) is 0.889. The Balaban J connectivity index is 1.59. The number of imidazole rings is 1. The zero-order valence-electron chi connectivity index (χ0n) is 15.0. The number of anilines is 1. The molecule has 0 spiro atoms. The molecule has 0 aromatic carbocycles. The van der Waals surface area contributed by atoms with Crippen LogP contribution < -0.4 is 11.3 Å². The maximum atomic E-state index is 12.0. The van der Waals surface area contributed by atoms with Crippen molar-refractivity contribution in [1.82, 2.24) is 19.5 Å². The van der Waals surface area contributed by atoms with Crippen molar-refractivity contribution < 1.29 is 24.1 Å². The first-order valence-electron chi connectivity index (χ1n) is 8.84. The van der Waals surface area contributed by atoms with E-state index >= 15 is 0 Å². The number of methoxy groups -OCH3 is 1. The van der Waals surface area contributed by atoms with Crippen molar-refractivity contribution in [1.29, 1.82) is 0 Å². The van der Waals surface area contributed by atoms with Crippen molar-refractivity contribution in [2.24, 2.45) is 0 Å². The summed E-state index contributed by atoms with van der Waals surface area (Å²) in [6.07, 6.45) is 1.69. The second-order valence-electron chi connectivity index (χ2n) is 6.71. The van der Waals surface area contributed by atoms with Crippen LogP contribution >= 0.6 is 0 Å². The van der Waals surface area contributed by atoms with Gasteiger partial charge in [-0.05, 0) is 0 Å². The quantitative estimate of drug-likeness (QED) is 0.584. The number of hydrogen-bond acceptors (Lipinski definition) is 9. The molecule has 4 N–H and O–H groups in total. The summed E-state index contributed by atoms with van der Waals surface area (Å²) in [6, 6.07) is 0. The molecule has 11 heteroatoms. The number of aliphatic hydroxyl groups is 1. The topological polar surface area (TPSA) is 147 Å². The molecule has 0 saturated carbocycles. The van der Waals surface area contributed by atoms with E-state index in [-0.39, 0.29) is 18.1 Å². The molecule has 2 aliphatic heterocycles. The Morgan fingerprint density at radius 3 is 2.96 bits per heavy atom. The second-order valence-corrected chi connectivity index (χ2v) is 6.71. The van der Waals surface area contributed by atoms with Gasteiger partial charge in [0.1, 0.15) is 12.3 Å². The van der Waals surface area contributed by atoms with Crippen molar-refractivity contribution >= 4 is 17.1 Å². The average molecular weight is 381 g/mol. The normalized spacial score (nSPS) is 28.0. The molecule has 2 fully saturated rings. The van der Waals surface area contributed by atoms with Crippen molar-refractivity contribution in [3.8, 4) is 0 Å². The number of aliphatic hydroxyl groups excluding tert-OH is 1. The molecule has 0 radical (unpaired) electrons. The van der Waals surface area contributed by atoms with E-state index < -0.39 is 29.8 Å². The van der Waals surface area contributed by atoms with Crippen LogP contribution in [-0.2, 0) is 18.9 Å². The van der Waals surface area contributed by atoms with E-state index in [1.54, 1.807) is 11.7 Å². The number of nitrogens with zero attached hydrogens (tertiary/aromatic N) is 3. The number of nitrogen functional groups attached to an aromatic ring is 1. The minimum atomic E-state index is -0.759. The van der Waals surface area contributed by atoms with E-state index in [0.717, 1.165) is 0 Å². The largest absolute Gasteiger partial charge is 0.394 e. The summed E-state index contributed by atoms with van der Waals surface area (Å²) in [5, 5.41) is 9.75. The highest BCUT2D eigenvalue weighted by atomic mass is 16.7. The molecular formula is C16H23N5O6. The molecule has 11 nitrogen and oxygen atoms in total. The third-order valence-electron chi connectivity index (χ3n) is 5.11. The fourth-order valence-corrected chi connectivity index (χ4v) is 3.64. The molecule has 2 aromatic rings. The molecule has 27 heavy (non-hydrogen) atoms. The first kappa shape index (κ1) is 18.3. The van der Waals surface area contributed by atoms with E-state index in [9.17, 15) is 9.90 Å². The van der Waals surface area contributed by atoms with E-state index in [2.05, 4.69) is 15.0 Å². The fraction of sp³-hybridized carbons (Fsp3) is 0.688. The number of rotatable bonds is 5. The van der Waals surface area contributed by atoms with Crippen molar-refractivity contribution in [2.75, 3.05) is 32.7 Å². The Morgan fingerprint density at radius 2 is 2.26 bits per heavy atom. The van der Waals surface area contributed by atoms with Crippen molar-refractivity contribution in [2.45, 2.75) is 43.5 Å². The van der Waals surface area contributed by atoms with E-state index in [4.69, 9.17) is 24.7 Å². The standard InChI is InChI=1S/C16H23N5O6/c1-24-16(2-4-25-5-3-16)27-9-6-11(26-10(9)7-22)21-8-18-12-13(21)19-15(17)20-14(12)23/h8-11,22H,2-7H2,1H3,(H3,17,19,20,23)/t9-,10+,11+/m0/s1. The van der Waals surface area contributed by atoms with Gasteiger partial charge < -0.3 is 29.8 Å². The first-order chi connectivity index (χ1) is 13.0. The number of H-pyrrole nitrogens is 1. The van der Waals surface area contributed by atoms with Gasteiger partial charge >= 0.3 is 0 Å². The molecule has 2 saturated heterocycles. The van der Waals surface area contributed by atoms with Gasteiger partial charge in [0.25, 0.3) is 5.56 Å². The fourth-order valence-electron chi connectivity index (χ4n) is 3.64. The van der Waals surface area contributed by atoms with Gasteiger partial charge in [-0.25, -0.2) is 4.98 Å². The lowest BCUT2D eigenvalue weighted by atomic mass is 10.1. The van der Waals surface area contributed by atoms with Gasteiger partial charge in [-0.15, -0.1) is 0 Å². The molecule has 148 valence electrons. The lowest BCUT2D eigenvalue weighted by molar-refractivity contribution is -0.281. The van der Waals surface area contributed by atoms with E-state index in [1.165, 1.54) is 6.33 Å². The van der Waals surface area contributed by atoms with E-state index in [0.29, 0.717) is 38.1 Å². The molecule has 3 atom stereocenters. The molecule has 4 heterocycles. The second kappa shape index (κ2) is 7.17. The van der Waals surface area contributed by atoms with Crippen molar-refractivity contribution in [3.05, 3.63) is 16.7 Å². The van der Waals surface area contributed by atoms with Crippen LogP contribution in [0.1, 0.15) is 25.5 Å². The van der Waals surface area contributed by atoms with Gasteiger partial charge in [-0.2, -0.15) is 4.98 Å². The number of fused-ring (bicyclic) bond motifs is 1. The number of nitrogens with one attached hydrogen (secondary N) is 1. The molecule has 0 amide bonds. The first-order valence-corrected chi connectivity index (χ1v) is 8.84. The number of ether oxygens (including phenoxy) is 4. The van der Waals surface area contributed by atoms with Crippen LogP contribution in [0.5, 0.6) is 0 Å². The zero-order chi connectivity index (χ0) is 19.0. The zero-order valence-corrected chi connectivity index (χ0v) is 15.0. The Bertz CT molecular complexity index is 861. The lowest BCUT2D eigenvalue weighted by Gasteiger charge is -2.38. The smallest absolute Gasteiger partial charge is 0.280 e. The summed E-state index contributed by atoms with van der Waals surface area (Å²) in [5.74, 6) is -0.759. The Morgan fingerprint density at radius 1 is 1.48 bits per heavy atom. The number of aromatic nitrogens is 4. The third-order valence-corrected chi connectivity index (χ3v) is 5.11. The molecular weight excluding hydrogens is 358 g/mol. The van der Waals surface area contributed by atoms with Crippen LogP contribution in [-0.4, -0.2) is 69.6 Å². The highest BCUT2D eigenvalue weighted by Crippen LogP contribution is 2.37. The van der Waals surface area contributed by atoms with Crippen molar-refractivity contribution in [3.63, 3.8) is 0 Å². The van der Waals surface area contributed by atoms with Crippen LogP contribution in [0.4, 0.5) is 5.95 Å². The maximum absolute atomic E-state index is 12.0. The summed E-state index contributed by atoms with van der Waals surface area (Å²) in [7, 11) is 1.61. The molecule has 0 aliphatic carbocycles. The van der Waals surface area contributed by atoms with Gasteiger partial charge in [-0.3, -0.25) is 14.3 Å². The molecule has 2 aliphatic rings. The van der Waals surface area contributed by atoms with Gasteiger partial charge in [0.05, 0.1) is 32.3 Å². The maximum Gasteiger partial charge on any atom is 0.280 e. The highest BCUT2D eigenvalue weighted by Gasteiger charge is 2.44. The monoisotopic (exact) mass is 381 g/mol. The minimum absolute atomic E-state index is 0.000651. The molecule has 0 bridgehead atoms. The van der Waals surface area contributed by atoms with Crippen LogP contribution in [0.25, 0.3) is 11.2 Å². The number of aromatic amines is 1. The number of hydrogen-bond donors (Lipinski definition) is 3. The van der Waals surface area contributed by atoms with Crippen LogP contribution in [0.2, 0.25) is 0 Å². The average Bonchev–Trinajstić information content (AvgIpc) is 3.26. The minimum Gasteiger partial charge on any atom is -0.394 e. The summed E-state index contributed by atoms with van der Waals surface area (Å²) < 4.78 is 24.9. The number of nitrogens with two attached hydrogens (primary N) is 1. The Labute approximate surface area is 154 Å². The summed E-state index contributed by atoms with van der Waals surface area (Å²) in [4.78, 5) is 22.6. The summed E-state index contributed by atoms with van der Waals surface area (Å²) >= 11 is 0. The SMILES string of the molecule is COC1(O[C@H]2C[C@H](n3cnc4c(=O)[nH]c(N)nc43)O[C@@H]2CO)CCOCC1. The molecule has 4 rings (SSSR count). The molecule has 0 unspecified atom stereocenters. The summed E-state index contributed by atoms with van der Waals surface area (Å²) in [5.41, 5.74) is 5.74. The Hall–Kier alpha value is -2.05. The highest BCUT2D eigenvalue weighted by molar-refractivity contribution is 5.70. The van der Waals surface area contributed by atoms with E-state index in [1.807, 2.05) is 0 Å². The Kier molecular flexibility index (Phi) is 4.86. The van der Waals surface area contributed by atoms with Gasteiger partial charge in [0.15, 0.2) is 17.0 Å². The van der Waals surface area contributed by atoms with Gasteiger partial charge in [0.2, 0.25) is 5.95 Å². The van der Waals surface area contributed by atoms with Gasteiger partial charge in [-0.1, -0.05) is 0 Å². The lowest BCUT2D eigenvalue weighted by Crippen LogP contribution is -2.46. The van der Waals surface area contributed by atoms with Gasteiger partial charge in [0, 0.05) is 26.4 Å². The van der Waals surface area contributed by atoms with Crippen LogP contribution in [0.15, 0.2) is 11.1 Å².